The lowest BCUT2D eigenvalue weighted by Gasteiger charge is -2.28. The molecule has 0 aliphatic heterocycles. The Morgan fingerprint density at radius 3 is 2.09 bits per heavy atom. The first-order valence-corrected chi connectivity index (χ1v) is 11.8. The van der Waals surface area contributed by atoms with Gasteiger partial charge in [0.2, 0.25) is 0 Å². The molecule has 2 N–H and O–H groups in total. The molecular weight excluding hydrogens is 418 g/mol. The fraction of sp³-hybridized carbons (Fsp3) is 0.481. The van der Waals surface area contributed by atoms with E-state index in [-0.39, 0.29) is 11.6 Å². The van der Waals surface area contributed by atoms with Crippen molar-refractivity contribution in [3.8, 4) is 16.9 Å². The molecule has 1 aliphatic carbocycles. The van der Waals surface area contributed by atoms with E-state index in [2.05, 4.69) is 5.32 Å². The summed E-state index contributed by atoms with van der Waals surface area (Å²) in [5.74, 6) is 0.382. The molecule has 1 amide bonds. The molecule has 0 heterocycles. The molecule has 1 fully saturated rings. The third kappa shape index (κ3) is 8.12. The number of carboxylic acid groups (broad SMARTS) is 1. The zero-order chi connectivity index (χ0) is 23.8. The molecule has 2 aromatic carbocycles. The van der Waals surface area contributed by atoms with Gasteiger partial charge in [0.1, 0.15) is 18.0 Å². The SMILES string of the molecule is CC(C)(C)OC(=O)NC(COc1ccc(-c2ccc(C(=O)O)cc2)cc1)CC1CCCCC1. The molecule has 33 heavy (non-hydrogen) atoms. The summed E-state index contributed by atoms with van der Waals surface area (Å²) in [6.07, 6.45) is 6.66. The van der Waals surface area contributed by atoms with Crippen LogP contribution in [0.2, 0.25) is 0 Å². The number of alkyl carbamates (subject to hydrolysis) is 1. The fourth-order valence-corrected chi connectivity index (χ4v) is 4.21. The molecule has 0 aromatic heterocycles. The molecule has 2 aromatic rings. The smallest absolute Gasteiger partial charge is 0.407 e. The van der Waals surface area contributed by atoms with Gasteiger partial charge in [-0.15, -0.1) is 0 Å². The van der Waals surface area contributed by atoms with Crippen LogP contribution in [0.3, 0.4) is 0 Å². The second kappa shape index (κ2) is 11.2. The van der Waals surface area contributed by atoms with E-state index in [1.807, 2.05) is 45.0 Å². The predicted octanol–water partition coefficient (Wildman–Crippen LogP) is 6.29. The van der Waals surface area contributed by atoms with Crippen LogP contribution in [-0.2, 0) is 4.74 Å². The first kappa shape index (κ1) is 24.6. The number of aromatic carboxylic acids is 1. The van der Waals surface area contributed by atoms with E-state index in [0.29, 0.717) is 12.5 Å². The third-order valence-electron chi connectivity index (χ3n) is 5.83. The van der Waals surface area contributed by atoms with Crippen LogP contribution in [0.15, 0.2) is 48.5 Å². The van der Waals surface area contributed by atoms with E-state index in [4.69, 9.17) is 14.6 Å². The van der Waals surface area contributed by atoms with Crippen LogP contribution in [0, 0.1) is 5.92 Å². The number of amides is 1. The van der Waals surface area contributed by atoms with E-state index >= 15 is 0 Å². The van der Waals surface area contributed by atoms with Crippen molar-refractivity contribution < 1.29 is 24.2 Å². The molecule has 3 rings (SSSR count). The van der Waals surface area contributed by atoms with E-state index in [1.165, 1.54) is 32.1 Å². The second-order valence-corrected chi connectivity index (χ2v) is 9.80. The van der Waals surface area contributed by atoms with Crippen molar-refractivity contribution >= 4 is 12.1 Å². The molecule has 178 valence electrons. The van der Waals surface area contributed by atoms with Gasteiger partial charge in [-0.25, -0.2) is 9.59 Å². The Kier molecular flexibility index (Phi) is 8.37. The van der Waals surface area contributed by atoms with Gasteiger partial charge in [-0.1, -0.05) is 56.4 Å². The normalized spacial score (nSPS) is 15.5. The van der Waals surface area contributed by atoms with Crippen molar-refractivity contribution in [1.82, 2.24) is 5.32 Å². The number of hydrogen-bond acceptors (Lipinski definition) is 4. The van der Waals surface area contributed by atoms with Gasteiger partial charge < -0.3 is 19.9 Å². The highest BCUT2D eigenvalue weighted by Gasteiger charge is 2.24. The van der Waals surface area contributed by atoms with Crippen LogP contribution >= 0.6 is 0 Å². The number of nitrogens with one attached hydrogen (secondary N) is 1. The predicted molar refractivity (Wildman–Crippen MR) is 129 cm³/mol. The van der Waals surface area contributed by atoms with Gasteiger partial charge in [0.05, 0.1) is 11.6 Å². The van der Waals surface area contributed by atoms with Crippen molar-refractivity contribution in [3.05, 3.63) is 54.1 Å². The topological polar surface area (TPSA) is 84.9 Å². The summed E-state index contributed by atoms with van der Waals surface area (Å²) in [6, 6.07) is 14.4. The first-order valence-electron chi connectivity index (χ1n) is 11.8. The summed E-state index contributed by atoms with van der Waals surface area (Å²) < 4.78 is 11.5. The number of rotatable bonds is 8. The molecule has 1 unspecified atom stereocenters. The molecule has 0 bridgehead atoms. The second-order valence-electron chi connectivity index (χ2n) is 9.80. The largest absolute Gasteiger partial charge is 0.491 e. The number of carbonyl (C=O) groups excluding carboxylic acids is 1. The minimum atomic E-state index is -0.937. The lowest BCUT2D eigenvalue weighted by atomic mass is 9.85. The van der Waals surface area contributed by atoms with Gasteiger partial charge in [-0.2, -0.15) is 0 Å². The van der Waals surface area contributed by atoms with Crippen molar-refractivity contribution in [3.63, 3.8) is 0 Å². The van der Waals surface area contributed by atoms with E-state index in [0.717, 1.165) is 23.3 Å². The van der Waals surface area contributed by atoms with Crippen LogP contribution in [-0.4, -0.2) is 35.4 Å². The van der Waals surface area contributed by atoms with Crippen molar-refractivity contribution in [1.29, 1.82) is 0 Å². The fourth-order valence-electron chi connectivity index (χ4n) is 4.21. The summed E-state index contributed by atoms with van der Waals surface area (Å²) in [5.41, 5.74) is 1.64. The summed E-state index contributed by atoms with van der Waals surface area (Å²) >= 11 is 0. The number of hydrogen-bond donors (Lipinski definition) is 2. The van der Waals surface area contributed by atoms with Crippen LogP contribution < -0.4 is 10.1 Å². The van der Waals surface area contributed by atoms with Crippen molar-refractivity contribution in [2.24, 2.45) is 5.92 Å². The van der Waals surface area contributed by atoms with Crippen LogP contribution in [0.25, 0.3) is 11.1 Å². The Bertz CT molecular complexity index is 909. The third-order valence-corrected chi connectivity index (χ3v) is 5.83. The monoisotopic (exact) mass is 453 g/mol. The molecule has 6 nitrogen and oxygen atoms in total. The van der Waals surface area contributed by atoms with Crippen LogP contribution in [0.5, 0.6) is 5.75 Å². The van der Waals surface area contributed by atoms with Gasteiger partial charge >= 0.3 is 12.1 Å². The Morgan fingerprint density at radius 1 is 0.970 bits per heavy atom. The lowest BCUT2D eigenvalue weighted by Crippen LogP contribution is -2.43. The molecule has 6 heteroatoms. The van der Waals surface area contributed by atoms with E-state index in [1.54, 1.807) is 24.3 Å². The molecular formula is C27H35NO5. The first-order chi connectivity index (χ1) is 15.7. The standard InChI is InChI=1S/C27H35NO5/c1-27(2,3)33-26(31)28-23(17-19-7-5-4-6-8-19)18-32-24-15-13-21(14-16-24)20-9-11-22(12-10-20)25(29)30/h9-16,19,23H,4-8,17-18H2,1-3H3,(H,28,31)(H,29,30). The average molecular weight is 454 g/mol. The minimum absolute atomic E-state index is 0.119. The molecule has 0 radical (unpaired) electrons. The van der Waals surface area contributed by atoms with Crippen LogP contribution in [0.4, 0.5) is 4.79 Å². The van der Waals surface area contributed by atoms with Crippen molar-refractivity contribution in [2.45, 2.75) is 70.9 Å². The highest BCUT2D eigenvalue weighted by Crippen LogP contribution is 2.28. The molecule has 0 saturated heterocycles. The summed E-state index contributed by atoms with van der Waals surface area (Å²) in [6.45, 7) is 5.95. The van der Waals surface area contributed by atoms with Gasteiger partial charge in [-0.3, -0.25) is 0 Å². The van der Waals surface area contributed by atoms with Crippen LogP contribution in [0.1, 0.15) is 69.7 Å². The van der Waals surface area contributed by atoms with Gasteiger partial charge in [-0.05, 0) is 68.5 Å². The maximum absolute atomic E-state index is 12.4. The quantitative estimate of drug-likeness (QED) is 0.490. The number of carboxylic acids is 1. The molecule has 1 aliphatic rings. The van der Waals surface area contributed by atoms with Crippen molar-refractivity contribution in [2.75, 3.05) is 6.61 Å². The Balaban J connectivity index is 1.60. The lowest BCUT2D eigenvalue weighted by molar-refractivity contribution is 0.0474. The number of ether oxygens (including phenoxy) is 2. The highest BCUT2D eigenvalue weighted by atomic mass is 16.6. The van der Waals surface area contributed by atoms with E-state index < -0.39 is 17.7 Å². The summed E-state index contributed by atoms with van der Waals surface area (Å²) in [7, 11) is 0. The van der Waals surface area contributed by atoms with Gasteiger partial charge in [0.15, 0.2) is 0 Å². The van der Waals surface area contributed by atoms with Gasteiger partial charge in [0, 0.05) is 0 Å². The number of carbonyl (C=O) groups is 2. The maximum atomic E-state index is 12.4. The molecule has 0 spiro atoms. The highest BCUT2D eigenvalue weighted by molar-refractivity contribution is 5.88. The Morgan fingerprint density at radius 2 is 1.55 bits per heavy atom. The Hall–Kier alpha value is -3.02. The van der Waals surface area contributed by atoms with Gasteiger partial charge in [0.25, 0.3) is 0 Å². The minimum Gasteiger partial charge on any atom is -0.491 e. The van der Waals surface area contributed by atoms with E-state index in [9.17, 15) is 9.59 Å². The summed E-state index contributed by atoms with van der Waals surface area (Å²) in [4.78, 5) is 23.4. The molecule has 1 atom stereocenters. The zero-order valence-electron chi connectivity index (χ0n) is 19.8. The average Bonchev–Trinajstić information content (AvgIpc) is 2.77. The summed E-state index contributed by atoms with van der Waals surface area (Å²) in [5, 5.41) is 12.1. The number of benzene rings is 2. The Labute approximate surface area is 196 Å². The maximum Gasteiger partial charge on any atom is 0.407 e. The zero-order valence-corrected chi connectivity index (χ0v) is 19.8. The molecule has 1 saturated carbocycles.